The zero-order chi connectivity index (χ0) is 13.8. The first-order valence-electron chi connectivity index (χ1n) is 6.43. The minimum atomic E-state index is -0.153. The lowest BCUT2D eigenvalue weighted by Gasteiger charge is -2.12. The molecule has 0 radical (unpaired) electrons. The molecule has 2 aromatic rings. The molecule has 0 spiro atoms. The van der Waals surface area contributed by atoms with E-state index >= 15 is 0 Å². The van der Waals surface area contributed by atoms with E-state index < -0.39 is 0 Å². The lowest BCUT2D eigenvalue weighted by Crippen LogP contribution is -2.16. The van der Waals surface area contributed by atoms with Gasteiger partial charge < -0.3 is 5.73 Å². The van der Waals surface area contributed by atoms with E-state index in [1.165, 1.54) is 0 Å². The van der Waals surface area contributed by atoms with Gasteiger partial charge in [-0.25, -0.2) is 0 Å². The molecule has 1 atom stereocenters. The second kappa shape index (κ2) is 6.12. The smallest absolute Gasteiger partial charge is 0.0850 e. The van der Waals surface area contributed by atoms with Crippen molar-refractivity contribution in [2.24, 2.45) is 5.73 Å². The Hall–Kier alpha value is -1.46. The van der Waals surface area contributed by atoms with Crippen molar-refractivity contribution in [3.8, 4) is 0 Å². The molecular formula is C13H18ClN5. The molecule has 0 aromatic carbocycles. The Bertz CT molecular complexity index is 537. The molecule has 0 amide bonds. The molecule has 0 saturated heterocycles. The van der Waals surface area contributed by atoms with E-state index in [-0.39, 0.29) is 6.04 Å². The summed E-state index contributed by atoms with van der Waals surface area (Å²) in [6, 6.07) is 1.72. The van der Waals surface area contributed by atoms with Crippen LogP contribution < -0.4 is 5.73 Å². The van der Waals surface area contributed by atoms with Gasteiger partial charge in [0, 0.05) is 25.2 Å². The molecule has 1 unspecified atom stereocenters. The van der Waals surface area contributed by atoms with Crippen molar-refractivity contribution in [2.45, 2.75) is 39.3 Å². The molecule has 19 heavy (non-hydrogen) atoms. The van der Waals surface area contributed by atoms with Crippen LogP contribution in [-0.4, -0.2) is 20.0 Å². The largest absolute Gasteiger partial charge is 0.324 e. The lowest BCUT2D eigenvalue weighted by molar-refractivity contribution is 0.584. The van der Waals surface area contributed by atoms with E-state index in [9.17, 15) is 0 Å². The third kappa shape index (κ3) is 2.93. The van der Waals surface area contributed by atoms with Crippen LogP contribution in [0.25, 0.3) is 0 Å². The van der Waals surface area contributed by atoms with Crippen LogP contribution >= 0.6 is 11.6 Å². The second-order valence-corrected chi connectivity index (χ2v) is 4.74. The van der Waals surface area contributed by atoms with Crippen molar-refractivity contribution in [3.05, 3.63) is 40.4 Å². The van der Waals surface area contributed by atoms with Crippen LogP contribution in [0.3, 0.4) is 0 Å². The molecule has 2 rings (SSSR count). The highest BCUT2D eigenvalue weighted by molar-refractivity contribution is 6.31. The Labute approximate surface area is 117 Å². The summed E-state index contributed by atoms with van der Waals surface area (Å²) in [5.41, 5.74) is 9.07. The van der Waals surface area contributed by atoms with Crippen LogP contribution in [0.5, 0.6) is 0 Å². The SMILES string of the molecule is CCc1nn(CC)c(CC(N)c2ccnnc2)c1Cl. The van der Waals surface area contributed by atoms with E-state index in [2.05, 4.69) is 15.3 Å². The number of hydrogen-bond acceptors (Lipinski definition) is 4. The third-order valence-electron chi connectivity index (χ3n) is 3.14. The van der Waals surface area contributed by atoms with Crippen LogP contribution in [-0.2, 0) is 19.4 Å². The number of nitrogens with zero attached hydrogens (tertiary/aromatic N) is 4. The van der Waals surface area contributed by atoms with Gasteiger partial charge in [-0.3, -0.25) is 4.68 Å². The number of halogens is 1. The van der Waals surface area contributed by atoms with Crippen LogP contribution in [0.15, 0.2) is 18.5 Å². The normalized spacial score (nSPS) is 12.6. The zero-order valence-corrected chi connectivity index (χ0v) is 11.9. The van der Waals surface area contributed by atoms with Crippen molar-refractivity contribution in [1.29, 1.82) is 0 Å². The molecular weight excluding hydrogens is 262 g/mol. The molecule has 0 aliphatic carbocycles. The summed E-state index contributed by atoms with van der Waals surface area (Å²) in [6.45, 7) is 4.88. The standard InChI is InChI=1S/C13H18ClN5/c1-3-11-13(14)12(19(4-2)18-11)7-10(15)9-5-6-16-17-8-9/h5-6,8,10H,3-4,7,15H2,1-2H3. The average molecular weight is 280 g/mol. The van der Waals surface area contributed by atoms with Gasteiger partial charge in [0.15, 0.2) is 0 Å². The van der Waals surface area contributed by atoms with Crippen LogP contribution in [0.4, 0.5) is 0 Å². The highest BCUT2D eigenvalue weighted by Gasteiger charge is 2.17. The van der Waals surface area contributed by atoms with Gasteiger partial charge in [0.1, 0.15) is 0 Å². The molecule has 102 valence electrons. The predicted octanol–water partition coefficient (Wildman–Crippen LogP) is 2.15. The molecule has 6 heteroatoms. The molecule has 0 fully saturated rings. The van der Waals surface area contributed by atoms with Crippen molar-refractivity contribution >= 4 is 11.6 Å². The maximum absolute atomic E-state index is 6.37. The molecule has 0 saturated carbocycles. The maximum Gasteiger partial charge on any atom is 0.0850 e. The third-order valence-corrected chi connectivity index (χ3v) is 3.58. The van der Waals surface area contributed by atoms with Crippen LogP contribution in [0.2, 0.25) is 5.02 Å². The minimum Gasteiger partial charge on any atom is -0.324 e. The zero-order valence-electron chi connectivity index (χ0n) is 11.2. The molecule has 5 nitrogen and oxygen atoms in total. The van der Waals surface area contributed by atoms with Gasteiger partial charge in [-0.2, -0.15) is 15.3 Å². The summed E-state index contributed by atoms with van der Waals surface area (Å²) in [4.78, 5) is 0. The Kier molecular flexibility index (Phi) is 4.50. The second-order valence-electron chi connectivity index (χ2n) is 4.36. The minimum absolute atomic E-state index is 0.153. The van der Waals surface area contributed by atoms with Gasteiger partial charge in [0.25, 0.3) is 0 Å². The monoisotopic (exact) mass is 279 g/mol. The summed E-state index contributed by atoms with van der Waals surface area (Å²) in [6.07, 6.45) is 4.80. The highest BCUT2D eigenvalue weighted by atomic mass is 35.5. The number of nitrogens with two attached hydrogens (primary N) is 1. The molecule has 0 bridgehead atoms. The quantitative estimate of drug-likeness (QED) is 0.910. The summed E-state index contributed by atoms with van der Waals surface area (Å²) in [5.74, 6) is 0. The van der Waals surface area contributed by atoms with E-state index in [0.717, 1.165) is 34.9 Å². The lowest BCUT2D eigenvalue weighted by atomic mass is 10.1. The molecule has 0 aliphatic heterocycles. The highest BCUT2D eigenvalue weighted by Crippen LogP contribution is 2.25. The maximum atomic E-state index is 6.37. The van der Waals surface area contributed by atoms with E-state index in [4.69, 9.17) is 17.3 Å². The van der Waals surface area contributed by atoms with Gasteiger partial charge in [0.05, 0.1) is 22.6 Å². The Morgan fingerprint density at radius 2 is 2.16 bits per heavy atom. The van der Waals surface area contributed by atoms with Crippen LogP contribution in [0, 0.1) is 0 Å². The summed E-state index contributed by atoms with van der Waals surface area (Å²) in [7, 11) is 0. The fraction of sp³-hybridized carbons (Fsp3) is 0.462. The number of hydrogen-bond donors (Lipinski definition) is 1. The van der Waals surface area contributed by atoms with E-state index in [1.807, 2.05) is 24.6 Å². The fourth-order valence-electron chi connectivity index (χ4n) is 2.06. The Balaban J connectivity index is 2.26. The van der Waals surface area contributed by atoms with Gasteiger partial charge in [-0.15, -0.1) is 0 Å². The number of aryl methyl sites for hydroxylation is 2. The topological polar surface area (TPSA) is 69.6 Å². The first kappa shape index (κ1) is 14.0. The van der Waals surface area contributed by atoms with Gasteiger partial charge in [-0.1, -0.05) is 18.5 Å². The Morgan fingerprint density at radius 1 is 1.37 bits per heavy atom. The van der Waals surface area contributed by atoms with Crippen molar-refractivity contribution in [3.63, 3.8) is 0 Å². The van der Waals surface area contributed by atoms with E-state index in [0.29, 0.717) is 6.42 Å². The van der Waals surface area contributed by atoms with E-state index in [1.54, 1.807) is 12.4 Å². The first-order chi connectivity index (χ1) is 9.17. The summed E-state index contributed by atoms with van der Waals surface area (Å²) >= 11 is 6.37. The Morgan fingerprint density at radius 3 is 2.74 bits per heavy atom. The van der Waals surface area contributed by atoms with Gasteiger partial charge in [0.2, 0.25) is 0 Å². The number of rotatable bonds is 5. The van der Waals surface area contributed by atoms with Gasteiger partial charge in [-0.05, 0) is 25.0 Å². The number of aromatic nitrogens is 4. The summed E-state index contributed by atoms with van der Waals surface area (Å²) in [5, 5.41) is 12.8. The van der Waals surface area contributed by atoms with Crippen molar-refractivity contribution in [1.82, 2.24) is 20.0 Å². The van der Waals surface area contributed by atoms with Gasteiger partial charge >= 0.3 is 0 Å². The average Bonchev–Trinajstić information content (AvgIpc) is 2.76. The predicted molar refractivity (Wildman–Crippen MR) is 75.0 cm³/mol. The molecule has 2 aromatic heterocycles. The van der Waals surface area contributed by atoms with Crippen molar-refractivity contribution < 1.29 is 0 Å². The summed E-state index contributed by atoms with van der Waals surface area (Å²) < 4.78 is 1.93. The molecule has 2 N–H and O–H groups in total. The fourth-order valence-corrected chi connectivity index (χ4v) is 2.40. The molecule has 2 heterocycles. The molecule has 0 aliphatic rings. The van der Waals surface area contributed by atoms with Crippen molar-refractivity contribution in [2.75, 3.05) is 0 Å². The first-order valence-corrected chi connectivity index (χ1v) is 6.81. The van der Waals surface area contributed by atoms with Crippen LogP contribution in [0.1, 0.15) is 36.8 Å².